The Kier molecular flexibility index (Phi) is 6.28. The molecule has 2 aromatic carbocycles. The Hall–Kier alpha value is -3.32. The van der Waals surface area contributed by atoms with Gasteiger partial charge in [0.1, 0.15) is 13.2 Å². The van der Waals surface area contributed by atoms with Gasteiger partial charge >= 0.3 is 0 Å². The van der Waals surface area contributed by atoms with Gasteiger partial charge in [-0.15, -0.1) is 0 Å². The maximum Gasteiger partial charge on any atom is 0.257 e. The zero-order valence-corrected chi connectivity index (χ0v) is 19.8. The van der Waals surface area contributed by atoms with Gasteiger partial charge in [0.05, 0.1) is 23.1 Å². The Morgan fingerprint density at radius 1 is 1.06 bits per heavy atom. The minimum absolute atomic E-state index is 0.0460. The van der Waals surface area contributed by atoms with Crippen LogP contribution in [0.2, 0.25) is 5.02 Å². The van der Waals surface area contributed by atoms with Gasteiger partial charge in [0, 0.05) is 29.6 Å². The largest absolute Gasteiger partial charge is 0.486 e. The number of carbonyl (C=O) groups excluding carboxylic acids is 2. The molecule has 34 heavy (non-hydrogen) atoms. The number of hydrogen-bond donors (Lipinski definition) is 0. The molecule has 0 saturated carbocycles. The van der Waals surface area contributed by atoms with Crippen LogP contribution in [0, 0.1) is 5.92 Å². The highest BCUT2D eigenvalue weighted by Crippen LogP contribution is 2.33. The van der Waals surface area contributed by atoms with Gasteiger partial charge in [-0.25, -0.2) is 4.68 Å². The lowest BCUT2D eigenvalue weighted by atomic mass is 9.88. The van der Waals surface area contributed by atoms with E-state index in [-0.39, 0.29) is 17.6 Å². The van der Waals surface area contributed by atoms with E-state index >= 15 is 0 Å². The molecule has 0 spiro atoms. The van der Waals surface area contributed by atoms with Crippen molar-refractivity contribution in [3.63, 3.8) is 0 Å². The number of ketones is 1. The topological polar surface area (TPSA) is 73.7 Å². The molecule has 2 aliphatic heterocycles. The number of nitrogens with zero attached hydrogens (tertiary/aromatic N) is 3. The van der Waals surface area contributed by atoms with Crippen molar-refractivity contribution in [1.29, 1.82) is 0 Å². The van der Waals surface area contributed by atoms with Crippen molar-refractivity contribution in [3.05, 3.63) is 70.5 Å². The van der Waals surface area contributed by atoms with Crippen LogP contribution >= 0.6 is 11.6 Å². The van der Waals surface area contributed by atoms with Crippen molar-refractivity contribution in [3.8, 4) is 17.2 Å². The molecule has 1 fully saturated rings. The van der Waals surface area contributed by atoms with Crippen molar-refractivity contribution < 1.29 is 19.1 Å². The number of rotatable bonds is 5. The van der Waals surface area contributed by atoms with E-state index in [4.69, 9.17) is 21.1 Å². The van der Waals surface area contributed by atoms with Crippen molar-refractivity contribution in [2.45, 2.75) is 26.2 Å². The molecular formula is C26H26ClN3O4. The Balaban J connectivity index is 1.27. The van der Waals surface area contributed by atoms with Gasteiger partial charge < -0.3 is 14.4 Å². The first-order valence-corrected chi connectivity index (χ1v) is 12.0. The van der Waals surface area contributed by atoms with Crippen LogP contribution in [0.4, 0.5) is 0 Å². The third-order valence-corrected chi connectivity index (χ3v) is 6.70. The molecular weight excluding hydrogens is 454 g/mol. The Morgan fingerprint density at radius 3 is 2.56 bits per heavy atom. The maximum atomic E-state index is 13.3. The molecule has 1 saturated heterocycles. The number of amides is 1. The molecule has 8 heteroatoms. The molecule has 5 rings (SSSR count). The summed E-state index contributed by atoms with van der Waals surface area (Å²) in [6, 6.07) is 12.8. The summed E-state index contributed by atoms with van der Waals surface area (Å²) in [7, 11) is 0. The van der Waals surface area contributed by atoms with Crippen LogP contribution in [0.15, 0.2) is 48.7 Å². The summed E-state index contributed by atoms with van der Waals surface area (Å²) >= 11 is 6.14. The minimum atomic E-state index is -0.119. The van der Waals surface area contributed by atoms with E-state index in [2.05, 4.69) is 5.10 Å². The number of Topliss-reactive ketones (excluding diaryl/α,β-unsaturated/α-hetero) is 1. The molecule has 0 atom stereocenters. The van der Waals surface area contributed by atoms with Crippen molar-refractivity contribution in [2.75, 3.05) is 26.3 Å². The van der Waals surface area contributed by atoms with Gasteiger partial charge in [0.15, 0.2) is 17.3 Å². The SMILES string of the molecule is CCc1c(C(=O)N2CCC(C(=O)c3ccc4c(c3)OCCO4)CC2)cnn1-c1cccc(Cl)c1. The molecule has 0 aliphatic carbocycles. The lowest BCUT2D eigenvalue weighted by molar-refractivity contribution is 0.0649. The van der Waals surface area contributed by atoms with Crippen molar-refractivity contribution in [1.82, 2.24) is 14.7 Å². The Morgan fingerprint density at radius 2 is 1.82 bits per heavy atom. The Labute approximate surface area is 203 Å². The number of carbonyl (C=O) groups is 2. The zero-order valence-electron chi connectivity index (χ0n) is 19.0. The van der Waals surface area contributed by atoms with Crippen LogP contribution in [-0.4, -0.2) is 52.7 Å². The van der Waals surface area contributed by atoms with Gasteiger partial charge in [-0.1, -0.05) is 24.6 Å². The standard InChI is InChI=1S/C26H26ClN3O4/c1-2-22-21(16-28-30(22)20-5-3-4-19(27)15-20)26(32)29-10-8-17(9-11-29)25(31)18-6-7-23-24(14-18)34-13-12-33-23/h3-7,14-17H,2,8-13H2,1H3. The van der Waals surface area contributed by atoms with Crippen molar-refractivity contribution in [2.24, 2.45) is 5.92 Å². The number of hydrogen-bond acceptors (Lipinski definition) is 5. The second kappa shape index (κ2) is 9.50. The van der Waals surface area contributed by atoms with Gasteiger partial charge in [0.25, 0.3) is 5.91 Å². The molecule has 7 nitrogen and oxygen atoms in total. The number of piperidine rings is 1. The van der Waals surface area contributed by atoms with Gasteiger partial charge in [-0.05, 0) is 55.7 Å². The molecule has 1 amide bonds. The quantitative estimate of drug-likeness (QED) is 0.500. The van der Waals surface area contributed by atoms with Crippen LogP contribution < -0.4 is 9.47 Å². The van der Waals surface area contributed by atoms with E-state index in [0.29, 0.717) is 73.2 Å². The molecule has 0 bridgehead atoms. The molecule has 0 radical (unpaired) electrons. The van der Waals surface area contributed by atoms with E-state index < -0.39 is 0 Å². The lowest BCUT2D eigenvalue weighted by Crippen LogP contribution is -2.40. The summed E-state index contributed by atoms with van der Waals surface area (Å²) in [5.74, 6) is 1.22. The highest BCUT2D eigenvalue weighted by molar-refractivity contribution is 6.30. The minimum Gasteiger partial charge on any atom is -0.486 e. The maximum absolute atomic E-state index is 13.3. The van der Waals surface area contributed by atoms with Crippen LogP contribution in [0.5, 0.6) is 11.5 Å². The van der Waals surface area contributed by atoms with Crippen LogP contribution in [-0.2, 0) is 6.42 Å². The van der Waals surface area contributed by atoms with Gasteiger partial charge in [-0.2, -0.15) is 5.10 Å². The predicted octanol–water partition coefficient (Wildman–Crippen LogP) is 4.59. The van der Waals surface area contributed by atoms with Crippen LogP contribution in [0.25, 0.3) is 5.69 Å². The van der Waals surface area contributed by atoms with E-state index in [0.717, 1.165) is 11.4 Å². The molecule has 1 aromatic heterocycles. The summed E-state index contributed by atoms with van der Waals surface area (Å²) in [4.78, 5) is 28.3. The van der Waals surface area contributed by atoms with E-state index in [1.54, 1.807) is 29.1 Å². The highest BCUT2D eigenvalue weighted by atomic mass is 35.5. The molecule has 0 unspecified atom stereocenters. The summed E-state index contributed by atoms with van der Waals surface area (Å²) in [5, 5.41) is 5.08. The summed E-state index contributed by atoms with van der Waals surface area (Å²) < 4.78 is 12.9. The molecule has 3 heterocycles. The first-order valence-electron chi connectivity index (χ1n) is 11.6. The number of benzene rings is 2. The fraction of sp³-hybridized carbons (Fsp3) is 0.346. The molecule has 2 aliphatic rings. The number of likely N-dealkylation sites (tertiary alicyclic amines) is 1. The number of halogens is 1. The summed E-state index contributed by atoms with van der Waals surface area (Å²) in [5.41, 5.74) is 2.90. The third kappa shape index (κ3) is 4.28. The average molecular weight is 480 g/mol. The second-order valence-corrected chi connectivity index (χ2v) is 8.98. The highest BCUT2D eigenvalue weighted by Gasteiger charge is 2.30. The second-order valence-electron chi connectivity index (χ2n) is 8.54. The Bertz CT molecular complexity index is 1230. The number of aromatic nitrogens is 2. The van der Waals surface area contributed by atoms with Gasteiger partial charge in [-0.3, -0.25) is 9.59 Å². The molecule has 0 N–H and O–H groups in total. The first-order chi connectivity index (χ1) is 16.5. The van der Waals surface area contributed by atoms with Crippen LogP contribution in [0.1, 0.15) is 46.2 Å². The van der Waals surface area contributed by atoms with Crippen LogP contribution in [0.3, 0.4) is 0 Å². The number of fused-ring (bicyclic) bond motifs is 1. The summed E-state index contributed by atoms with van der Waals surface area (Å²) in [6.45, 7) is 4.08. The van der Waals surface area contributed by atoms with E-state index in [9.17, 15) is 9.59 Å². The van der Waals surface area contributed by atoms with E-state index in [1.165, 1.54) is 0 Å². The normalized spacial score (nSPS) is 15.9. The number of ether oxygens (including phenoxy) is 2. The lowest BCUT2D eigenvalue weighted by Gasteiger charge is -2.31. The third-order valence-electron chi connectivity index (χ3n) is 6.47. The molecule has 176 valence electrons. The first kappa shape index (κ1) is 22.5. The average Bonchev–Trinajstić information content (AvgIpc) is 3.32. The summed E-state index contributed by atoms with van der Waals surface area (Å²) in [6.07, 6.45) is 3.55. The van der Waals surface area contributed by atoms with E-state index in [1.807, 2.05) is 36.1 Å². The smallest absolute Gasteiger partial charge is 0.257 e. The fourth-order valence-electron chi connectivity index (χ4n) is 4.67. The monoisotopic (exact) mass is 479 g/mol. The fourth-order valence-corrected chi connectivity index (χ4v) is 4.85. The zero-order chi connectivity index (χ0) is 23.7. The predicted molar refractivity (Wildman–Crippen MR) is 128 cm³/mol. The molecule has 3 aromatic rings. The van der Waals surface area contributed by atoms with Gasteiger partial charge in [0.2, 0.25) is 0 Å². The van der Waals surface area contributed by atoms with Crippen molar-refractivity contribution >= 4 is 23.3 Å².